The zero-order chi connectivity index (χ0) is 14.7. The zero-order valence-corrected chi connectivity index (χ0v) is 13.3. The Kier molecular flexibility index (Phi) is 5.00. The fourth-order valence-corrected chi connectivity index (χ4v) is 3.25. The molecule has 0 bridgehead atoms. The second kappa shape index (κ2) is 6.55. The molecule has 1 aromatic heterocycles. The van der Waals surface area contributed by atoms with E-state index in [9.17, 15) is 0 Å². The molecule has 1 aliphatic rings. The van der Waals surface area contributed by atoms with Crippen molar-refractivity contribution in [3.05, 3.63) is 23.0 Å². The molecule has 0 radical (unpaired) electrons. The van der Waals surface area contributed by atoms with E-state index in [1.54, 1.807) is 0 Å². The monoisotopic (exact) mass is 276 g/mol. The fourth-order valence-electron chi connectivity index (χ4n) is 3.25. The zero-order valence-electron chi connectivity index (χ0n) is 13.3. The van der Waals surface area contributed by atoms with Crippen LogP contribution >= 0.6 is 0 Å². The van der Waals surface area contributed by atoms with Crippen molar-refractivity contribution in [2.75, 3.05) is 31.6 Å². The van der Waals surface area contributed by atoms with Gasteiger partial charge in [0.1, 0.15) is 0 Å². The van der Waals surface area contributed by atoms with E-state index in [1.807, 2.05) is 0 Å². The number of hydrogen-bond donors (Lipinski definition) is 1. The molecule has 1 atom stereocenters. The van der Waals surface area contributed by atoms with Crippen LogP contribution in [0.1, 0.15) is 36.7 Å². The predicted octanol–water partition coefficient (Wildman–Crippen LogP) is 2.08. The van der Waals surface area contributed by atoms with E-state index in [-0.39, 0.29) is 0 Å². The van der Waals surface area contributed by atoms with Crippen LogP contribution in [-0.4, -0.2) is 42.6 Å². The molecule has 1 aromatic rings. The molecule has 2 rings (SSSR count). The summed E-state index contributed by atoms with van der Waals surface area (Å²) in [6.07, 6.45) is 2.37. The summed E-state index contributed by atoms with van der Waals surface area (Å²) in [5.74, 6) is 0. The Labute approximate surface area is 123 Å². The normalized spacial score (nSPS) is 21.1. The van der Waals surface area contributed by atoms with Crippen molar-refractivity contribution in [1.29, 1.82) is 0 Å². The Morgan fingerprint density at radius 2 is 2.10 bits per heavy atom. The SMILES string of the molecule is CCC1CN(C)CCCN1c1cc(C)nc(C)c1CN. The number of aromatic nitrogens is 1. The van der Waals surface area contributed by atoms with Gasteiger partial charge in [0.15, 0.2) is 0 Å². The molecule has 20 heavy (non-hydrogen) atoms. The summed E-state index contributed by atoms with van der Waals surface area (Å²) in [6, 6.07) is 2.78. The molecule has 2 N–H and O–H groups in total. The Morgan fingerprint density at radius 3 is 2.75 bits per heavy atom. The molecule has 1 unspecified atom stereocenters. The van der Waals surface area contributed by atoms with Gasteiger partial charge < -0.3 is 15.5 Å². The first kappa shape index (κ1) is 15.3. The highest BCUT2D eigenvalue weighted by molar-refractivity contribution is 5.57. The molecule has 4 nitrogen and oxygen atoms in total. The minimum absolute atomic E-state index is 0.564. The molecule has 0 amide bonds. The van der Waals surface area contributed by atoms with E-state index in [1.165, 1.54) is 24.2 Å². The summed E-state index contributed by atoms with van der Waals surface area (Å²) >= 11 is 0. The average Bonchev–Trinajstić information content (AvgIpc) is 2.59. The maximum absolute atomic E-state index is 5.98. The summed E-state index contributed by atoms with van der Waals surface area (Å²) < 4.78 is 0. The molecule has 2 heterocycles. The number of anilines is 1. The number of nitrogens with zero attached hydrogens (tertiary/aromatic N) is 3. The quantitative estimate of drug-likeness (QED) is 0.918. The minimum atomic E-state index is 0.564. The number of pyridine rings is 1. The third kappa shape index (κ3) is 3.13. The molecule has 1 saturated heterocycles. The highest BCUT2D eigenvalue weighted by atomic mass is 15.2. The van der Waals surface area contributed by atoms with Gasteiger partial charge in [-0.25, -0.2) is 0 Å². The Hall–Kier alpha value is -1.13. The van der Waals surface area contributed by atoms with Crippen LogP contribution in [0.3, 0.4) is 0 Å². The smallest absolute Gasteiger partial charge is 0.0451 e. The summed E-state index contributed by atoms with van der Waals surface area (Å²) in [7, 11) is 2.22. The van der Waals surface area contributed by atoms with Gasteiger partial charge in [-0.1, -0.05) is 6.92 Å². The summed E-state index contributed by atoms with van der Waals surface area (Å²) in [4.78, 5) is 9.58. The maximum atomic E-state index is 5.98. The van der Waals surface area contributed by atoms with E-state index < -0.39 is 0 Å². The van der Waals surface area contributed by atoms with Gasteiger partial charge in [0.05, 0.1) is 0 Å². The van der Waals surface area contributed by atoms with E-state index in [0.29, 0.717) is 12.6 Å². The van der Waals surface area contributed by atoms with Gasteiger partial charge in [-0.05, 0) is 46.3 Å². The lowest BCUT2D eigenvalue weighted by Gasteiger charge is -2.34. The van der Waals surface area contributed by atoms with Gasteiger partial charge in [-0.2, -0.15) is 0 Å². The Bertz CT molecular complexity index is 458. The minimum Gasteiger partial charge on any atom is -0.367 e. The maximum Gasteiger partial charge on any atom is 0.0451 e. The van der Waals surface area contributed by atoms with Crippen LogP contribution in [0.4, 0.5) is 5.69 Å². The van der Waals surface area contributed by atoms with Gasteiger partial charge in [-0.15, -0.1) is 0 Å². The van der Waals surface area contributed by atoms with Crippen molar-refractivity contribution in [2.24, 2.45) is 5.73 Å². The molecule has 0 saturated carbocycles. The third-order valence-electron chi connectivity index (χ3n) is 4.32. The van der Waals surface area contributed by atoms with Gasteiger partial charge in [-0.3, -0.25) is 4.98 Å². The molecule has 0 aliphatic carbocycles. The third-order valence-corrected chi connectivity index (χ3v) is 4.32. The molecule has 4 heteroatoms. The van der Waals surface area contributed by atoms with E-state index in [2.05, 4.69) is 48.7 Å². The lowest BCUT2D eigenvalue weighted by Crippen LogP contribution is -2.40. The van der Waals surface area contributed by atoms with Crippen molar-refractivity contribution in [3.8, 4) is 0 Å². The molecule has 1 fully saturated rings. The topological polar surface area (TPSA) is 45.4 Å². The molecular weight excluding hydrogens is 248 g/mol. The van der Waals surface area contributed by atoms with E-state index in [0.717, 1.165) is 30.9 Å². The summed E-state index contributed by atoms with van der Waals surface area (Å²) in [5, 5.41) is 0. The Morgan fingerprint density at radius 1 is 1.35 bits per heavy atom. The van der Waals surface area contributed by atoms with Gasteiger partial charge >= 0.3 is 0 Å². The summed E-state index contributed by atoms with van der Waals surface area (Å²) in [5.41, 5.74) is 10.7. The number of hydrogen-bond acceptors (Lipinski definition) is 4. The summed E-state index contributed by atoms with van der Waals surface area (Å²) in [6.45, 7) is 10.4. The second-order valence-corrected chi connectivity index (χ2v) is 5.92. The first-order valence-corrected chi connectivity index (χ1v) is 7.69. The largest absolute Gasteiger partial charge is 0.367 e. The highest BCUT2D eigenvalue weighted by Gasteiger charge is 2.24. The van der Waals surface area contributed by atoms with Crippen LogP contribution < -0.4 is 10.6 Å². The van der Waals surface area contributed by atoms with Crippen molar-refractivity contribution in [1.82, 2.24) is 9.88 Å². The predicted molar refractivity (Wildman–Crippen MR) is 85.1 cm³/mol. The first-order chi connectivity index (χ1) is 9.56. The standard InChI is InChI=1S/C16H28N4/c1-5-14-11-19(4)7-6-8-20(14)16-9-12(2)18-13(3)15(16)10-17/h9,14H,5-8,10-11,17H2,1-4H3. The van der Waals surface area contributed by atoms with E-state index >= 15 is 0 Å². The number of nitrogens with two attached hydrogens (primary N) is 1. The van der Waals surface area contributed by atoms with Gasteiger partial charge in [0.25, 0.3) is 0 Å². The van der Waals surface area contributed by atoms with E-state index in [4.69, 9.17) is 5.73 Å². The molecule has 1 aliphatic heterocycles. The lowest BCUT2D eigenvalue weighted by atomic mass is 10.1. The molecule has 0 spiro atoms. The highest BCUT2D eigenvalue weighted by Crippen LogP contribution is 2.28. The van der Waals surface area contributed by atoms with Gasteiger partial charge in [0, 0.05) is 48.3 Å². The number of rotatable bonds is 3. The van der Waals surface area contributed by atoms with Crippen LogP contribution in [0.25, 0.3) is 0 Å². The lowest BCUT2D eigenvalue weighted by molar-refractivity contribution is 0.328. The first-order valence-electron chi connectivity index (χ1n) is 7.69. The molecule has 0 aromatic carbocycles. The van der Waals surface area contributed by atoms with Crippen molar-refractivity contribution in [3.63, 3.8) is 0 Å². The number of likely N-dealkylation sites (N-methyl/N-ethyl adjacent to an activating group) is 1. The number of aryl methyl sites for hydroxylation is 2. The fraction of sp³-hybridized carbons (Fsp3) is 0.688. The average molecular weight is 276 g/mol. The Balaban J connectivity index is 2.42. The van der Waals surface area contributed by atoms with Crippen LogP contribution in [0.15, 0.2) is 6.07 Å². The van der Waals surface area contributed by atoms with Crippen LogP contribution in [-0.2, 0) is 6.54 Å². The van der Waals surface area contributed by atoms with Crippen LogP contribution in [0.2, 0.25) is 0 Å². The van der Waals surface area contributed by atoms with Crippen molar-refractivity contribution in [2.45, 2.75) is 46.2 Å². The molecular formula is C16H28N4. The van der Waals surface area contributed by atoms with Gasteiger partial charge in [0.2, 0.25) is 0 Å². The van der Waals surface area contributed by atoms with Crippen molar-refractivity contribution < 1.29 is 0 Å². The second-order valence-electron chi connectivity index (χ2n) is 5.92. The van der Waals surface area contributed by atoms with Crippen LogP contribution in [0.5, 0.6) is 0 Å². The van der Waals surface area contributed by atoms with Crippen molar-refractivity contribution >= 4 is 5.69 Å². The van der Waals surface area contributed by atoms with Crippen LogP contribution in [0, 0.1) is 13.8 Å². The molecule has 112 valence electrons.